The van der Waals surface area contributed by atoms with Crippen LogP contribution in [0.3, 0.4) is 0 Å². The van der Waals surface area contributed by atoms with E-state index in [0.717, 1.165) is 56.7 Å². The fourth-order valence-corrected chi connectivity index (χ4v) is 7.22. The van der Waals surface area contributed by atoms with E-state index in [9.17, 15) is 4.79 Å². The maximum absolute atomic E-state index is 13.1. The molecule has 0 N–H and O–H groups in total. The zero-order valence-electron chi connectivity index (χ0n) is 19.6. The number of piperidine rings is 1. The van der Waals surface area contributed by atoms with Crippen molar-refractivity contribution in [3.05, 3.63) is 53.1 Å². The Balaban J connectivity index is 1.37. The molecule has 2 aromatic carbocycles. The van der Waals surface area contributed by atoms with Crippen LogP contribution in [0.2, 0.25) is 0 Å². The highest BCUT2D eigenvalue weighted by Gasteiger charge is 2.66. The van der Waals surface area contributed by atoms with Gasteiger partial charge in [-0.15, -0.1) is 0 Å². The molecule has 6 rings (SSSR count). The molecule has 0 radical (unpaired) electrons. The van der Waals surface area contributed by atoms with E-state index in [1.165, 1.54) is 16.7 Å². The lowest BCUT2D eigenvalue weighted by Gasteiger charge is -2.57. The summed E-state index contributed by atoms with van der Waals surface area (Å²) in [6.45, 7) is 4.98. The van der Waals surface area contributed by atoms with Crippen molar-refractivity contribution in [3.63, 3.8) is 0 Å². The summed E-state index contributed by atoms with van der Waals surface area (Å²) in [5.74, 6) is 3.14. The number of Topliss-reactive ketones (excluding diaryl/α,β-unsaturated/α-hetero) is 1. The number of ether oxygens (including phenoxy) is 3. The number of hydrogen-bond donors (Lipinski definition) is 0. The summed E-state index contributed by atoms with van der Waals surface area (Å²) in [6.07, 6.45) is 5.11. The van der Waals surface area contributed by atoms with Gasteiger partial charge in [-0.2, -0.15) is 0 Å². The van der Waals surface area contributed by atoms with Gasteiger partial charge in [0.05, 0.1) is 13.7 Å². The third-order valence-corrected chi connectivity index (χ3v) is 8.63. The lowest BCUT2D eigenvalue weighted by atomic mass is 9.51. The zero-order valence-corrected chi connectivity index (χ0v) is 19.6. The molecular weight excluding hydrogens is 414 g/mol. The van der Waals surface area contributed by atoms with Crippen LogP contribution >= 0.6 is 0 Å². The molecule has 2 bridgehead atoms. The highest BCUT2D eigenvalue weighted by molar-refractivity contribution is 5.89. The second kappa shape index (κ2) is 8.05. The van der Waals surface area contributed by atoms with E-state index in [1.807, 2.05) is 6.07 Å². The molecule has 0 unspecified atom stereocenters. The number of carbonyl (C=O) groups excluding carboxylic acids is 1. The Hall–Kier alpha value is -2.53. The Morgan fingerprint density at radius 1 is 1.21 bits per heavy atom. The minimum atomic E-state index is -0.367. The fraction of sp³-hybridized carbons (Fsp3) is 0.536. The van der Waals surface area contributed by atoms with E-state index in [-0.39, 0.29) is 17.3 Å². The van der Waals surface area contributed by atoms with Crippen LogP contribution in [0.15, 0.2) is 36.4 Å². The second-order valence-electron chi connectivity index (χ2n) is 10.00. The molecule has 4 atom stereocenters. The quantitative estimate of drug-likeness (QED) is 0.591. The number of likely N-dealkylation sites (N-methyl/N-ethyl adjacent to an activating group) is 1. The third kappa shape index (κ3) is 3.04. The molecule has 4 aliphatic rings. The van der Waals surface area contributed by atoms with E-state index < -0.39 is 0 Å². The molecular formula is C28H33NO4. The molecule has 2 heterocycles. The molecule has 2 aliphatic carbocycles. The van der Waals surface area contributed by atoms with Crippen LogP contribution in [0.1, 0.15) is 49.3 Å². The Bertz CT molecular complexity index is 1070. The van der Waals surface area contributed by atoms with Crippen LogP contribution in [-0.2, 0) is 23.1 Å². The third-order valence-electron chi connectivity index (χ3n) is 8.63. The van der Waals surface area contributed by atoms with Crippen molar-refractivity contribution in [2.24, 2.45) is 5.92 Å². The highest BCUT2D eigenvalue weighted by Crippen LogP contribution is 2.64. The van der Waals surface area contributed by atoms with Crippen molar-refractivity contribution in [2.75, 3.05) is 26.8 Å². The molecule has 1 saturated carbocycles. The number of likely N-dealkylation sites (tertiary alicyclic amines) is 1. The predicted octanol–water partition coefficient (Wildman–Crippen LogP) is 4.34. The fourth-order valence-electron chi connectivity index (χ4n) is 7.22. The molecule has 0 amide bonds. The number of methoxy groups -OCH3 is 1. The minimum absolute atomic E-state index is 0.217. The zero-order chi connectivity index (χ0) is 22.6. The normalized spacial score (nSPS) is 29.4. The summed E-state index contributed by atoms with van der Waals surface area (Å²) in [4.78, 5) is 15.7. The van der Waals surface area contributed by atoms with Crippen molar-refractivity contribution < 1.29 is 19.0 Å². The topological polar surface area (TPSA) is 48.0 Å². The number of ketones is 1. The van der Waals surface area contributed by atoms with Gasteiger partial charge < -0.3 is 14.2 Å². The van der Waals surface area contributed by atoms with Gasteiger partial charge >= 0.3 is 0 Å². The summed E-state index contributed by atoms with van der Waals surface area (Å²) in [7, 11) is 1.69. The van der Waals surface area contributed by atoms with Gasteiger partial charge in [0.2, 0.25) is 0 Å². The second-order valence-corrected chi connectivity index (χ2v) is 10.00. The number of benzene rings is 2. The summed E-state index contributed by atoms with van der Waals surface area (Å²) >= 11 is 0. The first-order chi connectivity index (χ1) is 16.2. The molecule has 5 heteroatoms. The van der Waals surface area contributed by atoms with Crippen molar-refractivity contribution in [3.8, 4) is 17.2 Å². The van der Waals surface area contributed by atoms with Gasteiger partial charge in [0.15, 0.2) is 23.4 Å². The van der Waals surface area contributed by atoms with Crippen molar-refractivity contribution in [1.82, 2.24) is 4.90 Å². The molecule has 2 aliphatic heterocycles. The molecule has 1 saturated heterocycles. The van der Waals surface area contributed by atoms with E-state index >= 15 is 0 Å². The Kier molecular flexibility index (Phi) is 5.13. The monoisotopic (exact) mass is 447 g/mol. The van der Waals surface area contributed by atoms with Crippen molar-refractivity contribution >= 4 is 5.78 Å². The van der Waals surface area contributed by atoms with Gasteiger partial charge in [0, 0.05) is 35.1 Å². The molecule has 174 valence electrons. The average molecular weight is 448 g/mol. The summed E-state index contributed by atoms with van der Waals surface area (Å²) in [5, 5.41) is 0. The number of rotatable bonds is 7. The first-order valence-electron chi connectivity index (χ1n) is 12.5. The predicted molar refractivity (Wildman–Crippen MR) is 126 cm³/mol. The van der Waals surface area contributed by atoms with E-state index in [2.05, 4.69) is 42.2 Å². The highest BCUT2D eigenvalue weighted by atomic mass is 16.5. The largest absolute Gasteiger partial charge is 0.493 e. The van der Waals surface area contributed by atoms with Crippen LogP contribution in [-0.4, -0.2) is 49.6 Å². The van der Waals surface area contributed by atoms with Gasteiger partial charge in [0.1, 0.15) is 5.75 Å². The summed E-state index contributed by atoms with van der Waals surface area (Å²) < 4.78 is 18.7. The van der Waals surface area contributed by atoms with Crippen LogP contribution in [0.4, 0.5) is 0 Å². The van der Waals surface area contributed by atoms with Crippen molar-refractivity contribution in [2.45, 2.75) is 63.0 Å². The number of hydrogen-bond acceptors (Lipinski definition) is 5. The molecule has 5 nitrogen and oxygen atoms in total. The van der Waals surface area contributed by atoms with Crippen LogP contribution in [0.5, 0.6) is 17.2 Å². The lowest BCUT2D eigenvalue weighted by Crippen LogP contribution is -2.66. The molecule has 2 fully saturated rings. The summed E-state index contributed by atoms with van der Waals surface area (Å²) in [5.41, 5.74) is 3.60. The SMILES string of the molecule is CCN1CC[C@]23c4c5c(OCCCc6ccccc6)cc(OC)c4O[C@H]2C(=O)CC[C@H]3[C@H]1C5. The van der Waals surface area contributed by atoms with E-state index in [1.54, 1.807) is 7.11 Å². The Morgan fingerprint density at radius 3 is 2.85 bits per heavy atom. The molecule has 33 heavy (non-hydrogen) atoms. The van der Waals surface area contributed by atoms with Crippen molar-refractivity contribution in [1.29, 1.82) is 0 Å². The maximum atomic E-state index is 13.1. The average Bonchev–Trinajstić information content (AvgIpc) is 3.19. The van der Waals surface area contributed by atoms with Crippen LogP contribution < -0.4 is 14.2 Å². The number of aryl methyl sites for hydroxylation is 1. The van der Waals surface area contributed by atoms with Crippen LogP contribution in [0.25, 0.3) is 0 Å². The van der Waals surface area contributed by atoms with Gasteiger partial charge in [-0.05, 0) is 56.7 Å². The minimum Gasteiger partial charge on any atom is -0.493 e. The lowest BCUT2D eigenvalue weighted by molar-refractivity contribution is -0.138. The van der Waals surface area contributed by atoms with Gasteiger partial charge in [-0.1, -0.05) is 37.3 Å². The number of nitrogens with zero attached hydrogens (tertiary/aromatic N) is 1. The van der Waals surface area contributed by atoms with E-state index in [4.69, 9.17) is 14.2 Å². The molecule has 0 aromatic heterocycles. The van der Waals surface area contributed by atoms with Gasteiger partial charge in [-0.3, -0.25) is 9.69 Å². The smallest absolute Gasteiger partial charge is 0.174 e. The number of carbonyl (C=O) groups is 1. The first kappa shape index (κ1) is 21.0. The Morgan fingerprint density at radius 2 is 2.06 bits per heavy atom. The Labute approximate surface area is 196 Å². The standard InChI is InChI=1S/C28H33NO4/c1-3-29-14-13-28-20-11-12-22(30)27(28)33-26-24(31-2)17-23(19(25(26)28)16-21(20)29)32-15-7-10-18-8-5-4-6-9-18/h4-6,8-9,17,20-21,27H,3,7,10-16H2,1-2H3/t20-,21+,27-,28-/m0/s1. The molecule has 2 aromatic rings. The van der Waals surface area contributed by atoms with Crippen LogP contribution in [0, 0.1) is 5.92 Å². The van der Waals surface area contributed by atoms with E-state index in [0.29, 0.717) is 30.7 Å². The summed E-state index contributed by atoms with van der Waals surface area (Å²) in [6, 6.07) is 13.0. The maximum Gasteiger partial charge on any atom is 0.174 e. The van der Waals surface area contributed by atoms with Gasteiger partial charge in [0.25, 0.3) is 0 Å². The first-order valence-corrected chi connectivity index (χ1v) is 12.5. The van der Waals surface area contributed by atoms with Gasteiger partial charge in [-0.25, -0.2) is 0 Å². The molecule has 1 spiro atoms.